The second-order valence-electron chi connectivity index (χ2n) is 9.37. The Morgan fingerprint density at radius 2 is 2.13 bits per heavy atom. The maximum Gasteiger partial charge on any atom is 0.327 e. The number of methoxy groups -OCH3 is 1. The van der Waals surface area contributed by atoms with E-state index in [1.165, 1.54) is 24.9 Å². The van der Waals surface area contributed by atoms with E-state index >= 15 is 0 Å². The van der Waals surface area contributed by atoms with Gasteiger partial charge in [0.2, 0.25) is 11.8 Å². The Bertz CT molecular complexity index is 1410. The molecule has 1 aromatic carbocycles. The van der Waals surface area contributed by atoms with Crippen LogP contribution < -0.4 is 15.6 Å². The van der Waals surface area contributed by atoms with Gasteiger partial charge in [-0.05, 0) is 19.4 Å². The summed E-state index contributed by atoms with van der Waals surface area (Å²) < 4.78 is 37.0. The number of hydrogen-bond donors (Lipinski definition) is 4. The lowest BCUT2D eigenvalue weighted by atomic mass is 9.96. The standard InChI is InChI=1S/C23H29N6O8PS/c1-12(13-7-5-4-6-8-13)36-20(31)14-10-39-38(33,28-14)35-9-15-17(30)23(2,32)21(37-15)29-11-25-16-18(29)26-22(24)27-19(16)34-3/h4-8,11-12,14-15,17,21,30,32H,9-10H2,1-3H3,(H,28,33)(H2,24,26,27)/t12-,14?,15-,17-,21-,23-,38?/m1/s1. The normalized spacial score (nSPS) is 31.4. The summed E-state index contributed by atoms with van der Waals surface area (Å²) in [7, 11) is 1.41. The van der Waals surface area contributed by atoms with Gasteiger partial charge in [-0.3, -0.25) is 13.9 Å². The first-order valence-electron chi connectivity index (χ1n) is 12.0. The molecule has 0 bridgehead atoms. The van der Waals surface area contributed by atoms with E-state index in [0.29, 0.717) is 0 Å². The molecule has 5 rings (SSSR count). The number of nitrogens with one attached hydrogen (secondary N) is 1. The van der Waals surface area contributed by atoms with E-state index in [2.05, 4.69) is 20.0 Å². The van der Waals surface area contributed by atoms with E-state index in [1.807, 2.05) is 30.3 Å². The zero-order valence-electron chi connectivity index (χ0n) is 21.3. The van der Waals surface area contributed by atoms with Crippen LogP contribution in [0.5, 0.6) is 5.88 Å². The first kappa shape index (κ1) is 27.8. The predicted molar refractivity (Wildman–Crippen MR) is 141 cm³/mol. The molecule has 0 radical (unpaired) electrons. The van der Waals surface area contributed by atoms with E-state index in [1.54, 1.807) is 6.92 Å². The minimum atomic E-state index is -3.53. The first-order valence-corrected chi connectivity index (χ1v) is 15.3. The molecule has 210 valence electrons. The van der Waals surface area contributed by atoms with Crippen molar-refractivity contribution in [1.82, 2.24) is 24.6 Å². The molecule has 16 heteroatoms. The summed E-state index contributed by atoms with van der Waals surface area (Å²) in [6.45, 7) is -0.719. The molecule has 0 amide bonds. The lowest BCUT2D eigenvalue weighted by Gasteiger charge is -2.27. The Kier molecular flexibility index (Phi) is 7.59. The van der Waals surface area contributed by atoms with Gasteiger partial charge in [-0.1, -0.05) is 41.7 Å². The number of esters is 1. The Morgan fingerprint density at radius 1 is 1.38 bits per heavy atom. The minimum Gasteiger partial charge on any atom is -0.479 e. The van der Waals surface area contributed by atoms with Crippen LogP contribution in [0.15, 0.2) is 36.7 Å². The Labute approximate surface area is 227 Å². The number of nitrogens with zero attached hydrogens (tertiary/aromatic N) is 4. The van der Waals surface area contributed by atoms with Crippen LogP contribution in [0.4, 0.5) is 5.95 Å². The molecule has 2 aliphatic rings. The van der Waals surface area contributed by atoms with Gasteiger partial charge in [0.25, 0.3) is 0 Å². The van der Waals surface area contributed by atoms with Crippen LogP contribution in [0.2, 0.25) is 0 Å². The molecule has 2 aromatic heterocycles. The Balaban J connectivity index is 1.23. The number of carbonyl (C=O) groups is 1. The fraction of sp³-hybridized carbons (Fsp3) is 0.478. The van der Waals surface area contributed by atoms with E-state index in [4.69, 9.17) is 24.5 Å². The second-order valence-corrected chi connectivity index (χ2v) is 13.7. The van der Waals surface area contributed by atoms with Crippen LogP contribution in [-0.4, -0.2) is 79.0 Å². The molecule has 0 spiro atoms. The van der Waals surface area contributed by atoms with Crippen LogP contribution in [0.1, 0.15) is 31.7 Å². The number of rotatable bonds is 8. The number of imidazole rings is 1. The van der Waals surface area contributed by atoms with Crippen molar-refractivity contribution in [3.05, 3.63) is 42.2 Å². The molecule has 7 atom stereocenters. The van der Waals surface area contributed by atoms with Crippen molar-refractivity contribution >= 4 is 41.2 Å². The number of aliphatic hydroxyl groups excluding tert-OH is 1. The van der Waals surface area contributed by atoms with Crippen LogP contribution in [0.25, 0.3) is 11.2 Å². The van der Waals surface area contributed by atoms with Gasteiger partial charge in [-0.2, -0.15) is 9.97 Å². The number of nitrogen functional groups attached to an aromatic ring is 1. The van der Waals surface area contributed by atoms with Gasteiger partial charge < -0.3 is 34.7 Å². The lowest BCUT2D eigenvalue weighted by Crippen LogP contribution is -2.44. The molecule has 39 heavy (non-hydrogen) atoms. The van der Waals surface area contributed by atoms with Gasteiger partial charge in [0.15, 0.2) is 17.4 Å². The number of hydrogen-bond acceptors (Lipinski definition) is 13. The minimum absolute atomic E-state index is 0.0761. The molecule has 5 N–H and O–H groups in total. The molecule has 2 unspecified atom stereocenters. The SMILES string of the molecule is COc1nc(N)nc2c1ncn2[C@@H]1O[C@H](COP2(=O)NC(C(=O)O[C@H](C)c3ccccc3)CS2)[C@@H](O)[C@@]1(C)O. The number of fused-ring (bicyclic) bond motifs is 1. The van der Waals surface area contributed by atoms with Crippen molar-refractivity contribution in [3.8, 4) is 5.88 Å². The van der Waals surface area contributed by atoms with Crippen molar-refractivity contribution < 1.29 is 38.3 Å². The summed E-state index contributed by atoms with van der Waals surface area (Å²) in [5.41, 5.74) is 5.33. The number of benzene rings is 1. The van der Waals surface area contributed by atoms with Crippen LogP contribution in [0.3, 0.4) is 0 Å². The van der Waals surface area contributed by atoms with E-state index in [9.17, 15) is 19.6 Å². The maximum atomic E-state index is 13.3. The fourth-order valence-electron chi connectivity index (χ4n) is 4.45. The highest BCUT2D eigenvalue weighted by Crippen LogP contribution is 2.61. The van der Waals surface area contributed by atoms with E-state index in [-0.39, 0.29) is 35.4 Å². The van der Waals surface area contributed by atoms with Crippen molar-refractivity contribution in [2.24, 2.45) is 0 Å². The summed E-state index contributed by atoms with van der Waals surface area (Å²) in [6, 6.07) is 8.43. The average molecular weight is 581 g/mol. The van der Waals surface area contributed by atoms with Crippen molar-refractivity contribution in [3.63, 3.8) is 0 Å². The monoisotopic (exact) mass is 580 g/mol. The lowest BCUT2D eigenvalue weighted by molar-refractivity contribution is -0.150. The smallest absolute Gasteiger partial charge is 0.327 e. The third-order valence-corrected chi connectivity index (χ3v) is 10.6. The summed E-state index contributed by atoms with van der Waals surface area (Å²) in [5, 5.41) is 24.7. The Morgan fingerprint density at radius 3 is 2.85 bits per heavy atom. The summed E-state index contributed by atoms with van der Waals surface area (Å²) in [4.78, 5) is 25.0. The van der Waals surface area contributed by atoms with Crippen molar-refractivity contribution in [1.29, 1.82) is 0 Å². The van der Waals surface area contributed by atoms with Crippen LogP contribution in [-0.2, 0) is 23.4 Å². The molecule has 0 aliphatic carbocycles. The van der Waals surface area contributed by atoms with Gasteiger partial charge in [0, 0.05) is 5.75 Å². The molecule has 0 saturated carbocycles. The van der Waals surface area contributed by atoms with Gasteiger partial charge in [0.1, 0.15) is 30.0 Å². The number of aromatic nitrogens is 4. The zero-order chi connectivity index (χ0) is 27.9. The van der Waals surface area contributed by atoms with Gasteiger partial charge in [-0.15, -0.1) is 0 Å². The summed E-state index contributed by atoms with van der Waals surface area (Å²) in [6.07, 6.45) is -2.75. The molecule has 2 saturated heterocycles. The topological polar surface area (TPSA) is 193 Å². The summed E-state index contributed by atoms with van der Waals surface area (Å²) >= 11 is 0.956. The average Bonchev–Trinajstić information content (AvgIpc) is 3.57. The van der Waals surface area contributed by atoms with Crippen LogP contribution in [0, 0.1) is 0 Å². The molecule has 2 fully saturated rings. The second kappa shape index (κ2) is 10.7. The summed E-state index contributed by atoms with van der Waals surface area (Å²) in [5.74, 6) is -0.310. The number of aliphatic hydroxyl groups is 2. The third kappa shape index (κ3) is 5.35. The highest BCUT2D eigenvalue weighted by molar-refractivity contribution is 8.56. The molecular weight excluding hydrogens is 551 g/mol. The molecule has 2 aliphatic heterocycles. The molecule has 3 aromatic rings. The van der Waals surface area contributed by atoms with Gasteiger partial charge >= 0.3 is 12.7 Å². The van der Waals surface area contributed by atoms with Crippen molar-refractivity contribution in [2.75, 3.05) is 25.2 Å². The maximum absolute atomic E-state index is 13.3. The Hall–Kier alpha value is -2.78. The first-order chi connectivity index (χ1) is 18.5. The van der Waals surface area contributed by atoms with E-state index < -0.39 is 48.9 Å². The fourth-order valence-corrected chi connectivity index (χ4v) is 8.33. The zero-order valence-corrected chi connectivity index (χ0v) is 23.0. The van der Waals surface area contributed by atoms with Gasteiger partial charge in [-0.25, -0.2) is 10.1 Å². The highest BCUT2D eigenvalue weighted by Gasteiger charge is 2.54. The molecule has 14 nitrogen and oxygen atoms in total. The number of nitrogens with two attached hydrogens (primary N) is 1. The van der Waals surface area contributed by atoms with Crippen molar-refractivity contribution in [2.45, 2.75) is 50.0 Å². The largest absolute Gasteiger partial charge is 0.479 e. The molecular formula is C23H29N6O8PS. The number of anilines is 1. The van der Waals surface area contributed by atoms with E-state index in [0.717, 1.165) is 16.9 Å². The highest BCUT2D eigenvalue weighted by atomic mass is 32.7. The molecule has 4 heterocycles. The predicted octanol–water partition coefficient (Wildman–Crippen LogP) is 1.56. The number of carbonyl (C=O) groups excluding carboxylic acids is 1. The number of ether oxygens (including phenoxy) is 3. The third-order valence-electron chi connectivity index (χ3n) is 6.59. The van der Waals surface area contributed by atoms with Gasteiger partial charge in [0.05, 0.1) is 20.0 Å². The van der Waals surface area contributed by atoms with Crippen LogP contribution >= 0.6 is 18.1 Å². The quantitative estimate of drug-likeness (QED) is 0.221.